The van der Waals surface area contributed by atoms with Crippen LogP contribution in [-0.2, 0) is 4.79 Å². The van der Waals surface area contributed by atoms with Gasteiger partial charge in [-0.2, -0.15) is 0 Å². The zero-order valence-electron chi connectivity index (χ0n) is 5.69. The van der Waals surface area contributed by atoms with Crippen molar-refractivity contribution in [3.8, 4) is 0 Å². The van der Waals surface area contributed by atoms with Crippen molar-refractivity contribution in [1.82, 2.24) is 10.6 Å². The van der Waals surface area contributed by atoms with Crippen LogP contribution in [0.2, 0.25) is 0 Å². The van der Waals surface area contributed by atoms with Crippen LogP contribution in [0, 0.1) is 0 Å². The van der Waals surface area contributed by atoms with Gasteiger partial charge in [0.05, 0.1) is 6.04 Å². The van der Waals surface area contributed by atoms with E-state index in [-0.39, 0.29) is 11.8 Å². The Kier molecular flexibility index (Phi) is 2.77. The number of alkyl halides is 1. The lowest BCUT2D eigenvalue weighted by molar-refractivity contribution is -0.122. The standard InChI is InChI=1S/C6H11FN2O/c7-3-6(10)5-4-8-1-2-9-5/h5,8-9H,1-4H2. The molecule has 0 spiro atoms. The van der Waals surface area contributed by atoms with Gasteiger partial charge in [-0.1, -0.05) is 0 Å². The van der Waals surface area contributed by atoms with Gasteiger partial charge in [0.15, 0.2) is 5.78 Å². The van der Waals surface area contributed by atoms with Crippen molar-refractivity contribution in [2.45, 2.75) is 6.04 Å². The molecule has 1 heterocycles. The average molecular weight is 146 g/mol. The van der Waals surface area contributed by atoms with Crippen LogP contribution in [0.3, 0.4) is 0 Å². The third kappa shape index (κ3) is 1.75. The Hall–Kier alpha value is -0.480. The first-order chi connectivity index (χ1) is 4.84. The summed E-state index contributed by atoms with van der Waals surface area (Å²) < 4.78 is 11.8. The predicted molar refractivity (Wildman–Crippen MR) is 35.6 cm³/mol. The second kappa shape index (κ2) is 3.63. The maximum Gasteiger partial charge on any atom is 0.181 e. The van der Waals surface area contributed by atoms with Crippen LogP contribution < -0.4 is 10.6 Å². The van der Waals surface area contributed by atoms with Gasteiger partial charge in [0.2, 0.25) is 0 Å². The van der Waals surface area contributed by atoms with E-state index in [2.05, 4.69) is 10.6 Å². The molecule has 1 unspecified atom stereocenters. The van der Waals surface area contributed by atoms with E-state index in [1.165, 1.54) is 0 Å². The highest BCUT2D eigenvalue weighted by molar-refractivity contribution is 5.85. The van der Waals surface area contributed by atoms with Crippen LogP contribution in [0.5, 0.6) is 0 Å². The molecule has 10 heavy (non-hydrogen) atoms. The minimum atomic E-state index is -0.862. The van der Waals surface area contributed by atoms with E-state index in [0.29, 0.717) is 6.54 Å². The molecule has 0 aromatic carbocycles. The molecule has 3 nitrogen and oxygen atoms in total. The minimum Gasteiger partial charge on any atom is -0.313 e. The van der Waals surface area contributed by atoms with Crippen molar-refractivity contribution < 1.29 is 9.18 Å². The minimum absolute atomic E-state index is 0.307. The first kappa shape index (κ1) is 7.63. The van der Waals surface area contributed by atoms with E-state index in [9.17, 15) is 9.18 Å². The van der Waals surface area contributed by atoms with Gasteiger partial charge < -0.3 is 10.6 Å². The number of piperazine rings is 1. The molecule has 0 saturated carbocycles. The van der Waals surface area contributed by atoms with Gasteiger partial charge in [-0.05, 0) is 0 Å². The number of Topliss-reactive ketones (excluding diaryl/α,β-unsaturated/α-hetero) is 1. The van der Waals surface area contributed by atoms with Crippen LogP contribution >= 0.6 is 0 Å². The third-order valence-corrected chi connectivity index (χ3v) is 1.56. The molecule has 0 radical (unpaired) electrons. The molecule has 1 fully saturated rings. The summed E-state index contributed by atoms with van der Waals surface area (Å²) in [4.78, 5) is 10.7. The first-order valence-electron chi connectivity index (χ1n) is 3.37. The molecule has 0 aromatic heterocycles. The zero-order chi connectivity index (χ0) is 7.40. The molecule has 0 aromatic rings. The van der Waals surface area contributed by atoms with E-state index < -0.39 is 6.67 Å². The van der Waals surface area contributed by atoms with E-state index in [4.69, 9.17) is 0 Å². The van der Waals surface area contributed by atoms with Crippen molar-refractivity contribution in [2.75, 3.05) is 26.3 Å². The van der Waals surface area contributed by atoms with Crippen LogP contribution in [-0.4, -0.2) is 38.1 Å². The van der Waals surface area contributed by atoms with Crippen molar-refractivity contribution >= 4 is 5.78 Å². The van der Waals surface area contributed by atoms with Crippen molar-refractivity contribution in [2.24, 2.45) is 0 Å². The SMILES string of the molecule is O=C(CF)C1CNCCN1. The highest BCUT2D eigenvalue weighted by atomic mass is 19.1. The number of ketones is 1. The van der Waals surface area contributed by atoms with Crippen LogP contribution in [0.15, 0.2) is 0 Å². The highest BCUT2D eigenvalue weighted by Crippen LogP contribution is 1.89. The van der Waals surface area contributed by atoms with E-state index in [1.807, 2.05) is 0 Å². The molecule has 2 N–H and O–H groups in total. The summed E-state index contributed by atoms with van der Waals surface area (Å²) in [6.07, 6.45) is 0. The fourth-order valence-electron chi connectivity index (χ4n) is 0.974. The maximum atomic E-state index is 11.8. The molecule has 0 amide bonds. The fourth-order valence-corrected chi connectivity index (χ4v) is 0.974. The molecule has 1 atom stereocenters. The molecule has 4 heteroatoms. The third-order valence-electron chi connectivity index (χ3n) is 1.56. The summed E-state index contributed by atoms with van der Waals surface area (Å²) in [6, 6.07) is -0.307. The van der Waals surface area contributed by atoms with Gasteiger partial charge in [-0.3, -0.25) is 4.79 Å². The molecule has 58 valence electrons. The predicted octanol–water partition coefficient (Wildman–Crippen LogP) is -0.914. The zero-order valence-corrected chi connectivity index (χ0v) is 5.69. The summed E-state index contributed by atoms with van der Waals surface area (Å²) >= 11 is 0. The average Bonchev–Trinajstić information content (AvgIpc) is 2.05. The monoisotopic (exact) mass is 146 g/mol. The topological polar surface area (TPSA) is 41.1 Å². The number of hydrogen-bond donors (Lipinski definition) is 2. The molecule has 0 bridgehead atoms. The van der Waals surface area contributed by atoms with E-state index >= 15 is 0 Å². The van der Waals surface area contributed by atoms with Gasteiger partial charge in [0.25, 0.3) is 0 Å². The molecule has 1 aliphatic heterocycles. The summed E-state index contributed by atoms with van der Waals surface area (Å²) in [6.45, 7) is 1.30. The molecule has 1 aliphatic rings. The number of rotatable bonds is 2. The summed E-state index contributed by atoms with van der Waals surface area (Å²) in [5.74, 6) is -0.354. The Balaban J connectivity index is 2.31. The van der Waals surface area contributed by atoms with Crippen molar-refractivity contribution in [3.63, 3.8) is 0 Å². The molecule has 0 aliphatic carbocycles. The number of nitrogens with one attached hydrogen (secondary N) is 2. The Morgan fingerprint density at radius 3 is 2.90 bits per heavy atom. The van der Waals surface area contributed by atoms with Gasteiger partial charge in [-0.15, -0.1) is 0 Å². The number of carbonyl (C=O) groups is 1. The van der Waals surface area contributed by atoms with E-state index in [0.717, 1.165) is 13.1 Å². The Morgan fingerprint density at radius 1 is 1.60 bits per heavy atom. The van der Waals surface area contributed by atoms with Crippen LogP contribution in [0.4, 0.5) is 4.39 Å². The normalized spacial score (nSPS) is 26.3. The van der Waals surface area contributed by atoms with Crippen molar-refractivity contribution in [3.05, 3.63) is 0 Å². The number of hydrogen-bond acceptors (Lipinski definition) is 3. The maximum absolute atomic E-state index is 11.8. The Labute approximate surface area is 59.0 Å². The second-order valence-electron chi connectivity index (χ2n) is 2.31. The molecular weight excluding hydrogens is 135 g/mol. The lowest BCUT2D eigenvalue weighted by atomic mass is 10.1. The lowest BCUT2D eigenvalue weighted by Crippen LogP contribution is -2.52. The smallest absolute Gasteiger partial charge is 0.181 e. The lowest BCUT2D eigenvalue weighted by Gasteiger charge is -2.21. The Bertz CT molecular complexity index is 123. The summed E-state index contributed by atoms with van der Waals surface area (Å²) in [7, 11) is 0. The van der Waals surface area contributed by atoms with Crippen LogP contribution in [0.25, 0.3) is 0 Å². The molecule has 1 saturated heterocycles. The summed E-state index contributed by atoms with van der Waals surface area (Å²) in [5.41, 5.74) is 0. The second-order valence-corrected chi connectivity index (χ2v) is 2.31. The van der Waals surface area contributed by atoms with Gasteiger partial charge in [-0.25, -0.2) is 4.39 Å². The van der Waals surface area contributed by atoms with Gasteiger partial charge in [0, 0.05) is 19.6 Å². The fraction of sp³-hybridized carbons (Fsp3) is 0.833. The largest absolute Gasteiger partial charge is 0.313 e. The summed E-state index contributed by atoms with van der Waals surface area (Å²) in [5, 5.41) is 5.92. The van der Waals surface area contributed by atoms with Crippen LogP contribution in [0.1, 0.15) is 0 Å². The Morgan fingerprint density at radius 2 is 2.40 bits per heavy atom. The number of halogens is 1. The first-order valence-corrected chi connectivity index (χ1v) is 3.37. The van der Waals surface area contributed by atoms with Crippen molar-refractivity contribution in [1.29, 1.82) is 0 Å². The van der Waals surface area contributed by atoms with Gasteiger partial charge >= 0.3 is 0 Å². The highest BCUT2D eigenvalue weighted by Gasteiger charge is 2.18. The van der Waals surface area contributed by atoms with Gasteiger partial charge in [0.1, 0.15) is 6.67 Å². The van der Waals surface area contributed by atoms with E-state index in [1.54, 1.807) is 0 Å². The molecule has 1 rings (SSSR count). The quantitative estimate of drug-likeness (QED) is 0.529. The number of carbonyl (C=O) groups excluding carboxylic acids is 1. The molecular formula is C6H11FN2O.